The molecule has 2 amide bonds. The van der Waals surface area contributed by atoms with Crippen LogP contribution in [0.1, 0.15) is 21.7 Å². The van der Waals surface area contributed by atoms with Gasteiger partial charge in [0.2, 0.25) is 0 Å². The highest BCUT2D eigenvalue weighted by Crippen LogP contribution is 2.18. The number of urea groups is 1. The lowest BCUT2D eigenvalue weighted by atomic mass is 10.2. The lowest BCUT2D eigenvalue weighted by molar-refractivity contribution is 0.0471. The van der Waals surface area contributed by atoms with E-state index in [1.807, 2.05) is 6.92 Å². The zero-order chi connectivity index (χ0) is 15.5. The number of furan rings is 1. The lowest BCUT2D eigenvalue weighted by Gasteiger charge is -2.14. The Morgan fingerprint density at radius 1 is 1.32 bits per heavy atom. The molecule has 0 bridgehead atoms. The molecule has 0 unspecified atom stereocenters. The third-order valence-corrected chi connectivity index (χ3v) is 3.60. The molecule has 2 aromatic rings. The van der Waals surface area contributed by atoms with Crippen LogP contribution in [0, 0.1) is 6.92 Å². The van der Waals surface area contributed by atoms with E-state index < -0.39 is 5.97 Å². The highest BCUT2D eigenvalue weighted by Gasteiger charge is 2.21. The second kappa shape index (κ2) is 5.93. The van der Waals surface area contributed by atoms with E-state index in [0.29, 0.717) is 18.7 Å². The molecule has 2 heterocycles. The van der Waals surface area contributed by atoms with Crippen LogP contribution in [0.3, 0.4) is 0 Å². The van der Waals surface area contributed by atoms with Crippen molar-refractivity contribution in [2.24, 2.45) is 0 Å². The van der Waals surface area contributed by atoms with Crippen molar-refractivity contribution in [2.45, 2.75) is 13.5 Å². The largest absolute Gasteiger partial charge is 0.469 e. The predicted octanol–water partition coefficient (Wildman–Crippen LogP) is 2.47. The van der Waals surface area contributed by atoms with Crippen LogP contribution < -0.4 is 10.2 Å². The van der Waals surface area contributed by atoms with Crippen LogP contribution in [0.2, 0.25) is 0 Å². The standard InChI is InChI=1S/C16H16N2O4/c1-11-13(6-9-21-11)10-22-15(19)12-2-4-14(5-3-12)18-8-7-17-16(18)20/h2-6,9H,7-8,10H2,1H3,(H,17,20). The topological polar surface area (TPSA) is 71.8 Å². The number of carbonyl (C=O) groups excluding carboxylic acids is 2. The summed E-state index contributed by atoms with van der Waals surface area (Å²) in [5, 5.41) is 2.73. The molecule has 6 nitrogen and oxygen atoms in total. The Morgan fingerprint density at radius 3 is 2.68 bits per heavy atom. The molecule has 0 aliphatic carbocycles. The summed E-state index contributed by atoms with van der Waals surface area (Å²) in [6.07, 6.45) is 1.56. The number of benzene rings is 1. The first-order valence-corrected chi connectivity index (χ1v) is 7.00. The smallest absolute Gasteiger partial charge is 0.338 e. The number of anilines is 1. The highest BCUT2D eigenvalue weighted by atomic mass is 16.5. The van der Waals surface area contributed by atoms with E-state index in [2.05, 4.69) is 5.32 Å². The van der Waals surface area contributed by atoms with Gasteiger partial charge in [0.1, 0.15) is 12.4 Å². The van der Waals surface area contributed by atoms with Gasteiger partial charge in [0.05, 0.1) is 11.8 Å². The van der Waals surface area contributed by atoms with Gasteiger partial charge >= 0.3 is 12.0 Å². The number of hydrogen-bond donors (Lipinski definition) is 1. The molecular formula is C16H16N2O4. The summed E-state index contributed by atoms with van der Waals surface area (Å²) >= 11 is 0. The van der Waals surface area contributed by atoms with E-state index in [0.717, 1.165) is 17.0 Å². The van der Waals surface area contributed by atoms with Crippen molar-refractivity contribution >= 4 is 17.7 Å². The summed E-state index contributed by atoms with van der Waals surface area (Å²) < 4.78 is 10.4. The Bertz CT molecular complexity index is 690. The summed E-state index contributed by atoms with van der Waals surface area (Å²) in [7, 11) is 0. The molecule has 1 aromatic carbocycles. The van der Waals surface area contributed by atoms with Gasteiger partial charge in [0, 0.05) is 24.3 Å². The van der Waals surface area contributed by atoms with Crippen molar-refractivity contribution in [3.63, 3.8) is 0 Å². The van der Waals surface area contributed by atoms with Gasteiger partial charge in [-0.05, 0) is 37.3 Å². The minimum Gasteiger partial charge on any atom is -0.469 e. The van der Waals surface area contributed by atoms with Crippen LogP contribution in [-0.4, -0.2) is 25.1 Å². The van der Waals surface area contributed by atoms with E-state index in [4.69, 9.17) is 9.15 Å². The molecule has 1 fully saturated rings. The van der Waals surface area contributed by atoms with Crippen LogP contribution in [0.5, 0.6) is 0 Å². The molecule has 1 aliphatic heterocycles. The molecule has 22 heavy (non-hydrogen) atoms. The lowest BCUT2D eigenvalue weighted by Crippen LogP contribution is -2.27. The fourth-order valence-electron chi connectivity index (χ4n) is 2.28. The van der Waals surface area contributed by atoms with Crippen LogP contribution in [-0.2, 0) is 11.3 Å². The number of nitrogens with zero attached hydrogens (tertiary/aromatic N) is 1. The molecule has 0 saturated carbocycles. The zero-order valence-electron chi connectivity index (χ0n) is 12.2. The Balaban J connectivity index is 1.63. The van der Waals surface area contributed by atoms with E-state index in [1.165, 1.54) is 0 Å². The minimum absolute atomic E-state index is 0.120. The van der Waals surface area contributed by atoms with Gasteiger partial charge in [-0.2, -0.15) is 0 Å². The van der Waals surface area contributed by atoms with E-state index in [1.54, 1.807) is 41.5 Å². The van der Waals surface area contributed by atoms with Crippen LogP contribution in [0.25, 0.3) is 0 Å². The van der Waals surface area contributed by atoms with Crippen LogP contribution in [0.15, 0.2) is 41.0 Å². The molecule has 0 atom stereocenters. The summed E-state index contributed by atoms with van der Waals surface area (Å²) in [6.45, 7) is 3.26. The van der Waals surface area contributed by atoms with E-state index >= 15 is 0 Å². The van der Waals surface area contributed by atoms with Gasteiger partial charge in [-0.3, -0.25) is 4.90 Å². The summed E-state index contributed by atoms with van der Waals surface area (Å²) in [6, 6.07) is 8.45. The Labute approximate surface area is 127 Å². The Kier molecular flexibility index (Phi) is 3.82. The Morgan fingerprint density at radius 2 is 2.09 bits per heavy atom. The summed E-state index contributed by atoms with van der Waals surface area (Å²) in [5.74, 6) is 0.334. The fourth-order valence-corrected chi connectivity index (χ4v) is 2.28. The molecule has 0 radical (unpaired) electrons. The molecular weight excluding hydrogens is 284 g/mol. The number of hydrogen-bond acceptors (Lipinski definition) is 4. The predicted molar refractivity (Wildman–Crippen MR) is 79.8 cm³/mol. The second-order valence-corrected chi connectivity index (χ2v) is 5.01. The van der Waals surface area contributed by atoms with E-state index in [9.17, 15) is 9.59 Å². The number of amides is 2. The van der Waals surface area contributed by atoms with Crippen LogP contribution in [0.4, 0.5) is 10.5 Å². The number of aryl methyl sites for hydroxylation is 1. The monoisotopic (exact) mass is 300 g/mol. The molecule has 1 aromatic heterocycles. The van der Waals surface area contributed by atoms with Gasteiger partial charge in [0.25, 0.3) is 0 Å². The third-order valence-electron chi connectivity index (χ3n) is 3.60. The van der Waals surface area contributed by atoms with Crippen molar-refractivity contribution < 1.29 is 18.7 Å². The first kappa shape index (κ1) is 14.2. The molecule has 6 heteroatoms. The fraction of sp³-hybridized carbons (Fsp3) is 0.250. The van der Waals surface area contributed by atoms with Gasteiger partial charge in [0.15, 0.2) is 0 Å². The molecule has 114 valence electrons. The number of esters is 1. The SMILES string of the molecule is Cc1occc1COC(=O)c1ccc(N2CCNC2=O)cc1. The van der Waals surface area contributed by atoms with Crippen molar-refractivity contribution in [1.29, 1.82) is 0 Å². The average Bonchev–Trinajstić information content (AvgIpc) is 3.13. The first-order valence-electron chi connectivity index (χ1n) is 7.00. The van der Waals surface area contributed by atoms with Gasteiger partial charge < -0.3 is 14.5 Å². The van der Waals surface area contributed by atoms with E-state index in [-0.39, 0.29) is 12.6 Å². The zero-order valence-corrected chi connectivity index (χ0v) is 12.2. The van der Waals surface area contributed by atoms with Gasteiger partial charge in [-0.1, -0.05) is 0 Å². The Hall–Kier alpha value is -2.76. The van der Waals surface area contributed by atoms with Gasteiger partial charge in [-0.25, -0.2) is 9.59 Å². The van der Waals surface area contributed by atoms with Crippen molar-refractivity contribution in [1.82, 2.24) is 5.32 Å². The quantitative estimate of drug-likeness (QED) is 0.880. The first-order chi connectivity index (χ1) is 10.6. The number of rotatable bonds is 4. The summed E-state index contributed by atoms with van der Waals surface area (Å²) in [4.78, 5) is 25.2. The maximum atomic E-state index is 12.0. The highest BCUT2D eigenvalue weighted by molar-refractivity contribution is 5.95. The minimum atomic E-state index is -0.405. The molecule has 0 spiro atoms. The second-order valence-electron chi connectivity index (χ2n) is 5.01. The van der Waals surface area contributed by atoms with Crippen molar-refractivity contribution in [2.75, 3.05) is 18.0 Å². The molecule has 1 saturated heterocycles. The number of carbonyl (C=O) groups is 2. The number of nitrogens with one attached hydrogen (secondary N) is 1. The third kappa shape index (κ3) is 2.81. The normalized spacial score (nSPS) is 14.0. The number of ether oxygens (including phenoxy) is 1. The van der Waals surface area contributed by atoms with Crippen molar-refractivity contribution in [3.05, 3.63) is 53.5 Å². The summed E-state index contributed by atoms with van der Waals surface area (Å²) in [5.41, 5.74) is 2.06. The van der Waals surface area contributed by atoms with Gasteiger partial charge in [-0.15, -0.1) is 0 Å². The average molecular weight is 300 g/mol. The maximum absolute atomic E-state index is 12.0. The molecule has 1 N–H and O–H groups in total. The maximum Gasteiger partial charge on any atom is 0.338 e. The van der Waals surface area contributed by atoms with Crippen LogP contribution >= 0.6 is 0 Å². The molecule has 3 rings (SSSR count). The molecule has 1 aliphatic rings. The van der Waals surface area contributed by atoms with Crippen molar-refractivity contribution in [3.8, 4) is 0 Å².